The lowest BCUT2D eigenvalue weighted by Crippen LogP contribution is -2.53. The van der Waals surface area contributed by atoms with Gasteiger partial charge in [0.15, 0.2) is 5.78 Å². The van der Waals surface area contributed by atoms with E-state index in [1.807, 2.05) is 46.2 Å². The lowest BCUT2D eigenvalue weighted by molar-refractivity contribution is 0.0907. The smallest absolute Gasteiger partial charge is 0.320 e. The van der Waals surface area contributed by atoms with Gasteiger partial charge in [-0.3, -0.25) is 9.69 Å². The Morgan fingerprint density at radius 1 is 0.750 bits per heavy atom. The average molecular weight is 380 g/mol. The minimum absolute atomic E-state index is 0.192. The number of piperidine rings is 1. The number of fused-ring (bicyclic) bond motifs is 1. The van der Waals surface area contributed by atoms with Gasteiger partial charge in [0, 0.05) is 57.8 Å². The second-order valence-corrected chi connectivity index (χ2v) is 7.89. The number of amides is 2. The Bertz CT molecular complexity index is 837. The lowest BCUT2D eigenvalue weighted by Gasteiger charge is -2.38. The highest BCUT2D eigenvalue weighted by atomic mass is 16.2. The molecule has 2 aromatic rings. The van der Waals surface area contributed by atoms with Crippen LogP contribution in [0.2, 0.25) is 0 Å². The molecule has 2 aromatic carbocycles. The molecule has 2 aliphatic heterocycles. The number of carbonyl (C=O) groups is 2. The maximum absolute atomic E-state index is 12.6. The fourth-order valence-corrected chi connectivity index (χ4v) is 4.21. The Morgan fingerprint density at radius 3 is 2.18 bits per heavy atom. The maximum atomic E-state index is 12.6. The van der Waals surface area contributed by atoms with Crippen molar-refractivity contribution in [3.05, 3.63) is 48.0 Å². The molecule has 0 unspecified atom stereocenters. The molecule has 0 spiro atoms. The summed E-state index contributed by atoms with van der Waals surface area (Å²) in [6.45, 7) is 5.80. The average Bonchev–Trinajstić information content (AvgIpc) is 2.77. The normalized spacial score (nSPS) is 18.4. The topological polar surface area (TPSA) is 43.9 Å². The van der Waals surface area contributed by atoms with Crippen molar-refractivity contribution in [3.63, 3.8) is 0 Å². The summed E-state index contributed by atoms with van der Waals surface area (Å²) in [6, 6.07) is 14.3. The number of benzene rings is 2. The van der Waals surface area contributed by atoms with E-state index in [2.05, 4.69) is 11.0 Å². The third-order valence-electron chi connectivity index (χ3n) is 6.00. The minimum Gasteiger partial charge on any atom is -0.325 e. The van der Waals surface area contributed by atoms with Gasteiger partial charge in [-0.2, -0.15) is 0 Å². The molecule has 0 atom stereocenters. The molecule has 2 fully saturated rings. The molecule has 4 rings (SSSR count). The zero-order chi connectivity index (χ0) is 19.3. The summed E-state index contributed by atoms with van der Waals surface area (Å²) in [5, 5.41) is 2.27. The van der Waals surface area contributed by atoms with Crippen LogP contribution in [0.15, 0.2) is 42.5 Å². The summed E-state index contributed by atoms with van der Waals surface area (Å²) in [7, 11) is 0. The number of urea groups is 1. The summed E-state index contributed by atoms with van der Waals surface area (Å²) in [6.07, 6.45) is 4.02. The number of hydrogen-bond donors (Lipinski definition) is 0. The number of piperazine rings is 1. The summed E-state index contributed by atoms with van der Waals surface area (Å²) < 4.78 is 0. The third kappa shape index (κ3) is 4.36. The van der Waals surface area contributed by atoms with E-state index in [1.165, 1.54) is 6.42 Å². The Balaban J connectivity index is 1.25. The molecule has 0 radical (unpaired) electrons. The SMILES string of the molecule is O=C(CCN1CCN(C(=O)N2CCCCC2)CC1)c1ccc2ccccc2c1. The molecular weight excluding hydrogens is 350 g/mol. The Morgan fingerprint density at radius 2 is 1.43 bits per heavy atom. The van der Waals surface area contributed by atoms with Gasteiger partial charge in [0.1, 0.15) is 0 Å². The van der Waals surface area contributed by atoms with E-state index in [0.29, 0.717) is 6.42 Å². The Labute approximate surface area is 166 Å². The van der Waals surface area contributed by atoms with E-state index in [4.69, 9.17) is 0 Å². The number of ketones is 1. The zero-order valence-electron chi connectivity index (χ0n) is 16.5. The molecule has 148 valence electrons. The van der Waals surface area contributed by atoms with Gasteiger partial charge in [-0.1, -0.05) is 36.4 Å². The summed E-state index contributed by atoms with van der Waals surface area (Å²) in [5.41, 5.74) is 0.789. The fraction of sp³-hybridized carbons (Fsp3) is 0.478. The van der Waals surface area contributed by atoms with E-state index < -0.39 is 0 Å². The van der Waals surface area contributed by atoms with Crippen molar-refractivity contribution in [2.24, 2.45) is 0 Å². The monoisotopic (exact) mass is 379 g/mol. The van der Waals surface area contributed by atoms with Crippen LogP contribution < -0.4 is 0 Å². The molecule has 5 heteroatoms. The molecule has 0 N–H and O–H groups in total. The Hall–Kier alpha value is -2.40. The van der Waals surface area contributed by atoms with Crippen molar-refractivity contribution in [2.45, 2.75) is 25.7 Å². The molecule has 2 saturated heterocycles. The number of likely N-dealkylation sites (tertiary alicyclic amines) is 1. The van der Waals surface area contributed by atoms with Crippen LogP contribution in [0.5, 0.6) is 0 Å². The quantitative estimate of drug-likeness (QED) is 0.762. The largest absolute Gasteiger partial charge is 0.325 e. The van der Waals surface area contributed by atoms with Crippen molar-refractivity contribution in [1.82, 2.24) is 14.7 Å². The van der Waals surface area contributed by atoms with Crippen molar-refractivity contribution >= 4 is 22.6 Å². The molecule has 0 bridgehead atoms. The van der Waals surface area contributed by atoms with Crippen molar-refractivity contribution in [2.75, 3.05) is 45.8 Å². The predicted molar refractivity (Wildman–Crippen MR) is 112 cm³/mol. The van der Waals surface area contributed by atoms with Crippen LogP contribution in [0.3, 0.4) is 0 Å². The van der Waals surface area contributed by atoms with Gasteiger partial charge in [-0.15, -0.1) is 0 Å². The van der Waals surface area contributed by atoms with Crippen LogP contribution in [0.4, 0.5) is 4.79 Å². The first-order valence-corrected chi connectivity index (χ1v) is 10.5. The molecule has 5 nitrogen and oxygen atoms in total. The summed E-state index contributed by atoms with van der Waals surface area (Å²) in [5.74, 6) is 0.192. The first-order chi connectivity index (χ1) is 13.7. The van der Waals surface area contributed by atoms with Crippen LogP contribution in [-0.4, -0.2) is 72.3 Å². The summed E-state index contributed by atoms with van der Waals surface area (Å²) in [4.78, 5) is 31.5. The standard InChI is InChI=1S/C23H29N3O2/c27-22(21-9-8-19-6-2-3-7-20(19)18-21)10-13-24-14-16-26(17-15-24)23(28)25-11-4-1-5-12-25/h2-3,6-9,18H,1,4-5,10-17H2. The molecule has 2 amide bonds. The van der Waals surface area contributed by atoms with E-state index in [-0.39, 0.29) is 11.8 Å². The minimum atomic E-state index is 0.192. The second kappa shape index (κ2) is 8.74. The predicted octanol–water partition coefficient (Wildman–Crippen LogP) is 3.64. The van der Waals surface area contributed by atoms with Crippen molar-refractivity contribution in [1.29, 1.82) is 0 Å². The lowest BCUT2D eigenvalue weighted by atomic mass is 10.0. The van der Waals surface area contributed by atoms with E-state index >= 15 is 0 Å². The highest BCUT2D eigenvalue weighted by Crippen LogP contribution is 2.17. The molecule has 0 saturated carbocycles. The van der Waals surface area contributed by atoms with E-state index in [1.54, 1.807) is 0 Å². The van der Waals surface area contributed by atoms with Crippen LogP contribution in [0, 0.1) is 0 Å². The zero-order valence-corrected chi connectivity index (χ0v) is 16.5. The van der Waals surface area contributed by atoms with Gasteiger partial charge in [-0.05, 0) is 36.1 Å². The van der Waals surface area contributed by atoms with Gasteiger partial charge in [0.25, 0.3) is 0 Å². The van der Waals surface area contributed by atoms with Crippen LogP contribution >= 0.6 is 0 Å². The van der Waals surface area contributed by atoms with Gasteiger partial charge < -0.3 is 9.80 Å². The van der Waals surface area contributed by atoms with Gasteiger partial charge in [0.05, 0.1) is 0 Å². The van der Waals surface area contributed by atoms with Crippen molar-refractivity contribution < 1.29 is 9.59 Å². The number of rotatable bonds is 4. The first kappa shape index (κ1) is 18.9. The summed E-state index contributed by atoms with van der Waals surface area (Å²) >= 11 is 0. The molecular formula is C23H29N3O2. The second-order valence-electron chi connectivity index (χ2n) is 7.89. The molecule has 28 heavy (non-hydrogen) atoms. The van der Waals surface area contributed by atoms with E-state index in [9.17, 15) is 9.59 Å². The van der Waals surface area contributed by atoms with E-state index in [0.717, 1.165) is 75.0 Å². The van der Waals surface area contributed by atoms with Crippen molar-refractivity contribution in [3.8, 4) is 0 Å². The van der Waals surface area contributed by atoms with Crippen LogP contribution in [0.1, 0.15) is 36.0 Å². The number of nitrogens with zero attached hydrogens (tertiary/aromatic N) is 3. The number of Topliss-reactive ketones (excluding diaryl/α,β-unsaturated/α-hetero) is 1. The number of hydrogen-bond acceptors (Lipinski definition) is 3. The van der Waals surface area contributed by atoms with Gasteiger partial charge in [0.2, 0.25) is 0 Å². The highest BCUT2D eigenvalue weighted by Gasteiger charge is 2.26. The molecule has 0 aliphatic carbocycles. The molecule has 2 aliphatic rings. The maximum Gasteiger partial charge on any atom is 0.320 e. The molecule has 2 heterocycles. The molecule has 0 aromatic heterocycles. The van der Waals surface area contributed by atoms with Crippen LogP contribution in [0.25, 0.3) is 10.8 Å². The first-order valence-electron chi connectivity index (χ1n) is 10.5. The highest BCUT2D eigenvalue weighted by molar-refractivity contribution is 6.00. The number of carbonyl (C=O) groups excluding carboxylic acids is 2. The van der Waals surface area contributed by atoms with Gasteiger partial charge in [-0.25, -0.2) is 4.79 Å². The fourth-order valence-electron chi connectivity index (χ4n) is 4.21. The van der Waals surface area contributed by atoms with Gasteiger partial charge >= 0.3 is 6.03 Å². The van der Waals surface area contributed by atoms with Crippen LogP contribution in [-0.2, 0) is 0 Å². The Kier molecular flexibility index (Phi) is 5.91. The third-order valence-corrected chi connectivity index (χ3v) is 6.00.